The van der Waals surface area contributed by atoms with Crippen molar-refractivity contribution in [3.8, 4) is 33.6 Å². The fraction of sp³-hybridized carbons (Fsp3) is 0.436. The third-order valence-electron chi connectivity index (χ3n) is 8.82. The van der Waals surface area contributed by atoms with Gasteiger partial charge in [-0.05, 0) is 83.9 Å². The summed E-state index contributed by atoms with van der Waals surface area (Å²) in [4.78, 5) is 46.0. The number of amides is 2. The van der Waals surface area contributed by atoms with E-state index >= 15 is 0 Å². The van der Waals surface area contributed by atoms with Crippen LogP contribution in [0.5, 0.6) is 0 Å². The van der Waals surface area contributed by atoms with Crippen LogP contribution in [0.15, 0.2) is 67.4 Å². The summed E-state index contributed by atoms with van der Waals surface area (Å²) < 4.78 is 11.3. The quantitative estimate of drug-likeness (QED) is 0.191. The molecule has 4 heterocycles. The fourth-order valence-corrected chi connectivity index (χ4v) is 6.61. The van der Waals surface area contributed by atoms with E-state index in [1.54, 1.807) is 9.80 Å². The molecule has 2 fully saturated rings. The van der Waals surface area contributed by atoms with Gasteiger partial charge in [0.05, 0.1) is 29.7 Å². The SMILES string of the molecule is C=CCc1[nH]c(C2CCCN2C(=O)OC(C)(C)C)nc1-c1ccc(-c2ccc(-c3cnc(C4CCCN4C(=O)OC(C)(C)C)[nH]3)cc2)cc1. The van der Waals surface area contributed by atoms with Crippen LogP contribution in [0, 0.1) is 0 Å². The summed E-state index contributed by atoms with van der Waals surface area (Å²) >= 11 is 0. The van der Waals surface area contributed by atoms with Gasteiger partial charge in [-0.3, -0.25) is 9.80 Å². The zero-order valence-electron chi connectivity index (χ0n) is 29.5. The van der Waals surface area contributed by atoms with Gasteiger partial charge in [0, 0.05) is 30.8 Å². The third kappa shape index (κ3) is 7.74. The zero-order valence-corrected chi connectivity index (χ0v) is 29.5. The van der Waals surface area contributed by atoms with Gasteiger partial charge in [0.25, 0.3) is 0 Å². The molecular formula is C39H48N6O4. The highest BCUT2D eigenvalue weighted by molar-refractivity contribution is 5.73. The first-order chi connectivity index (χ1) is 23.3. The molecule has 2 aliphatic heterocycles. The first kappa shape index (κ1) is 34.0. The molecule has 2 aromatic carbocycles. The lowest BCUT2D eigenvalue weighted by Crippen LogP contribution is -2.36. The van der Waals surface area contributed by atoms with Gasteiger partial charge in [0.1, 0.15) is 22.9 Å². The highest BCUT2D eigenvalue weighted by atomic mass is 16.6. The lowest BCUT2D eigenvalue weighted by atomic mass is 10.0. The number of H-pyrrole nitrogens is 2. The van der Waals surface area contributed by atoms with Gasteiger partial charge in [-0.25, -0.2) is 19.6 Å². The first-order valence-corrected chi connectivity index (χ1v) is 17.2. The van der Waals surface area contributed by atoms with Crippen LogP contribution in [0.2, 0.25) is 0 Å². The molecule has 0 bridgehead atoms. The average molecular weight is 665 g/mol. The molecular weight excluding hydrogens is 616 g/mol. The van der Waals surface area contributed by atoms with E-state index in [2.05, 4.69) is 70.1 Å². The number of rotatable bonds is 7. The van der Waals surface area contributed by atoms with E-state index in [4.69, 9.17) is 14.5 Å². The number of aromatic amines is 2. The molecule has 10 heteroatoms. The predicted molar refractivity (Wildman–Crippen MR) is 191 cm³/mol. The molecule has 2 aliphatic rings. The van der Waals surface area contributed by atoms with Crippen LogP contribution in [0.3, 0.4) is 0 Å². The Morgan fingerprint density at radius 3 is 1.78 bits per heavy atom. The van der Waals surface area contributed by atoms with E-state index in [1.165, 1.54) is 0 Å². The molecule has 2 unspecified atom stereocenters. The van der Waals surface area contributed by atoms with Gasteiger partial charge in [0.2, 0.25) is 0 Å². The van der Waals surface area contributed by atoms with Crippen LogP contribution in [0.1, 0.15) is 96.7 Å². The van der Waals surface area contributed by atoms with Crippen molar-refractivity contribution in [2.75, 3.05) is 13.1 Å². The van der Waals surface area contributed by atoms with Gasteiger partial charge >= 0.3 is 12.2 Å². The summed E-state index contributed by atoms with van der Waals surface area (Å²) in [6.45, 7) is 16.6. The van der Waals surface area contributed by atoms with E-state index in [-0.39, 0.29) is 24.3 Å². The normalized spacial score (nSPS) is 18.2. The number of allylic oxidation sites excluding steroid dienone is 1. The number of ether oxygens (including phenoxy) is 2. The third-order valence-corrected chi connectivity index (χ3v) is 8.82. The second kappa shape index (κ2) is 13.6. The van der Waals surface area contributed by atoms with Gasteiger partial charge in [-0.1, -0.05) is 54.6 Å². The molecule has 2 N–H and O–H groups in total. The van der Waals surface area contributed by atoms with Crippen molar-refractivity contribution in [3.05, 3.63) is 84.7 Å². The lowest BCUT2D eigenvalue weighted by molar-refractivity contribution is 0.0208. The molecule has 2 saturated heterocycles. The Bertz CT molecular complexity index is 1790. The van der Waals surface area contributed by atoms with Crippen LogP contribution < -0.4 is 0 Å². The molecule has 0 spiro atoms. The summed E-state index contributed by atoms with van der Waals surface area (Å²) in [5, 5.41) is 0. The number of hydrogen-bond donors (Lipinski definition) is 2. The molecule has 0 radical (unpaired) electrons. The maximum atomic E-state index is 13.0. The summed E-state index contributed by atoms with van der Waals surface area (Å²) in [5.41, 5.74) is 5.86. The fourth-order valence-electron chi connectivity index (χ4n) is 6.61. The largest absolute Gasteiger partial charge is 0.444 e. The van der Waals surface area contributed by atoms with Crippen molar-refractivity contribution in [1.29, 1.82) is 0 Å². The number of hydrogen-bond acceptors (Lipinski definition) is 6. The van der Waals surface area contributed by atoms with Crippen LogP contribution in [-0.2, 0) is 15.9 Å². The smallest absolute Gasteiger partial charge is 0.410 e. The summed E-state index contributed by atoms with van der Waals surface area (Å²) in [6, 6.07) is 16.5. The van der Waals surface area contributed by atoms with Crippen molar-refractivity contribution < 1.29 is 19.1 Å². The number of carbonyl (C=O) groups excluding carboxylic acids is 2. The van der Waals surface area contributed by atoms with E-state index < -0.39 is 11.2 Å². The Morgan fingerprint density at radius 1 is 0.776 bits per heavy atom. The van der Waals surface area contributed by atoms with E-state index in [1.807, 2.05) is 53.8 Å². The highest BCUT2D eigenvalue weighted by Gasteiger charge is 2.36. The lowest BCUT2D eigenvalue weighted by Gasteiger charge is -2.27. The van der Waals surface area contributed by atoms with Crippen molar-refractivity contribution in [2.24, 2.45) is 0 Å². The number of benzene rings is 2. The Kier molecular flexibility index (Phi) is 9.42. The minimum atomic E-state index is -0.556. The number of carbonyl (C=O) groups is 2. The zero-order chi connectivity index (χ0) is 34.9. The average Bonchev–Trinajstić information content (AvgIpc) is 3.86. The molecule has 49 heavy (non-hydrogen) atoms. The number of nitrogens with one attached hydrogen (secondary N) is 2. The molecule has 258 valence electrons. The standard InChI is InChI=1S/C39H48N6O4/c1-8-11-29-33(43-35(41-29)32-13-10-23-45(32)37(47)49-39(5,6)7)28-20-16-26(17-21-28)25-14-18-27(19-15-25)30-24-40-34(42-30)31-12-9-22-44(31)36(46)48-38(2,3)4/h8,14-21,24,31-32H,1,9-13,22-23H2,2-7H3,(H,40,42)(H,41,43). The Labute approximate surface area is 288 Å². The summed E-state index contributed by atoms with van der Waals surface area (Å²) in [5.74, 6) is 1.56. The van der Waals surface area contributed by atoms with Crippen LogP contribution in [-0.4, -0.2) is 66.2 Å². The van der Waals surface area contributed by atoms with Gasteiger partial charge in [-0.15, -0.1) is 6.58 Å². The number of likely N-dealkylation sites (tertiary alicyclic amines) is 2. The topological polar surface area (TPSA) is 116 Å². The summed E-state index contributed by atoms with van der Waals surface area (Å²) in [7, 11) is 0. The summed E-state index contributed by atoms with van der Waals surface area (Å²) in [6.07, 6.45) is 7.23. The van der Waals surface area contributed by atoms with Crippen LogP contribution >= 0.6 is 0 Å². The molecule has 0 saturated carbocycles. The Balaban J connectivity index is 1.16. The van der Waals surface area contributed by atoms with Crippen molar-refractivity contribution in [1.82, 2.24) is 29.7 Å². The highest BCUT2D eigenvalue weighted by Crippen LogP contribution is 2.36. The van der Waals surface area contributed by atoms with Gasteiger partial charge < -0.3 is 19.4 Å². The predicted octanol–water partition coefficient (Wildman–Crippen LogP) is 9.01. The minimum Gasteiger partial charge on any atom is -0.444 e. The van der Waals surface area contributed by atoms with Crippen LogP contribution in [0.25, 0.3) is 33.6 Å². The number of aromatic nitrogens is 4. The molecule has 4 aromatic rings. The van der Waals surface area contributed by atoms with Crippen molar-refractivity contribution in [2.45, 2.75) is 96.9 Å². The Morgan fingerprint density at radius 2 is 1.27 bits per heavy atom. The maximum absolute atomic E-state index is 13.0. The van der Waals surface area contributed by atoms with E-state index in [9.17, 15) is 9.59 Å². The Hall–Kier alpha value is -4.86. The van der Waals surface area contributed by atoms with Gasteiger partial charge in [0.15, 0.2) is 0 Å². The molecule has 2 aromatic heterocycles. The monoisotopic (exact) mass is 664 g/mol. The molecule has 6 rings (SSSR count). The molecule has 10 nitrogen and oxygen atoms in total. The molecule has 2 atom stereocenters. The van der Waals surface area contributed by atoms with E-state index in [0.717, 1.165) is 76.7 Å². The second-order valence-electron chi connectivity index (χ2n) is 14.9. The van der Waals surface area contributed by atoms with Crippen molar-refractivity contribution in [3.63, 3.8) is 0 Å². The first-order valence-electron chi connectivity index (χ1n) is 17.2. The van der Waals surface area contributed by atoms with E-state index in [0.29, 0.717) is 19.5 Å². The minimum absolute atomic E-state index is 0.124. The van der Waals surface area contributed by atoms with Gasteiger partial charge in [-0.2, -0.15) is 0 Å². The molecule has 2 amide bonds. The molecule has 0 aliphatic carbocycles. The number of imidazole rings is 2. The van der Waals surface area contributed by atoms with Crippen molar-refractivity contribution >= 4 is 12.2 Å². The maximum Gasteiger partial charge on any atom is 0.410 e. The van der Waals surface area contributed by atoms with Crippen LogP contribution in [0.4, 0.5) is 9.59 Å². The number of nitrogens with zero attached hydrogens (tertiary/aromatic N) is 4. The second-order valence-corrected chi connectivity index (χ2v) is 14.9.